The number of nitrogens with one attached hydrogen (secondary N) is 1. The number of carboxylic acid groups (broad SMARTS) is 1. The van der Waals surface area contributed by atoms with Crippen LogP contribution < -0.4 is 29.3 Å². The van der Waals surface area contributed by atoms with E-state index in [1.165, 1.54) is 5.56 Å². The molecule has 0 saturated carbocycles. The van der Waals surface area contributed by atoms with E-state index in [4.69, 9.17) is 24.1 Å². The Hall–Kier alpha value is -6.66. The van der Waals surface area contributed by atoms with Crippen LogP contribution in [0.3, 0.4) is 0 Å². The zero-order valence-corrected chi connectivity index (χ0v) is 37.0. The molecule has 0 saturated heterocycles. The van der Waals surface area contributed by atoms with Crippen LogP contribution in [0.2, 0.25) is 0 Å². The van der Waals surface area contributed by atoms with Gasteiger partial charge in [0.05, 0.1) is 41.3 Å². The predicted octanol–water partition coefficient (Wildman–Crippen LogP) is 9.61. The lowest BCUT2D eigenvalue weighted by atomic mass is 9.95. The fourth-order valence-corrected chi connectivity index (χ4v) is 8.99. The summed E-state index contributed by atoms with van der Waals surface area (Å²) >= 11 is 0. The molecule has 2 amide bonds. The molecule has 0 aromatic heterocycles. The van der Waals surface area contributed by atoms with E-state index < -0.39 is 11.6 Å². The topological polar surface area (TPSA) is 139 Å². The van der Waals surface area contributed by atoms with Crippen LogP contribution >= 0.6 is 0 Å². The lowest BCUT2D eigenvalue weighted by Crippen LogP contribution is -2.39. The Kier molecular flexibility index (Phi) is 13.0. The molecule has 0 radical (unpaired) electrons. The summed E-state index contributed by atoms with van der Waals surface area (Å²) in [4.78, 5) is 46.8. The summed E-state index contributed by atoms with van der Waals surface area (Å²) in [5.74, 6) is 0.698. The third kappa shape index (κ3) is 9.77. The zero-order chi connectivity index (χ0) is 45.0. The third-order valence-electron chi connectivity index (χ3n) is 12.4. The molecule has 2 atom stereocenters. The van der Waals surface area contributed by atoms with Crippen molar-refractivity contribution < 1.29 is 38.4 Å². The van der Waals surface area contributed by atoms with E-state index in [1.54, 1.807) is 24.1 Å². The number of ether oxygens (including phenoxy) is 4. The Balaban J connectivity index is 0.996. The van der Waals surface area contributed by atoms with Crippen molar-refractivity contribution in [3.05, 3.63) is 136 Å². The van der Waals surface area contributed by atoms with Gasteiger partial charge in [0.2, 0.25) is 0 Å². The number of fused-ring (bicyclic) bond motifs is 5. The van der Waals surface area contributed by atoms with Crippen molar-refractivity contribution in [1.29, 1.82) is 0 Å². The lowest BCUT2D eigenvalue weighted by Gasteiger charge is -2.25. The van der Waals surface area contributed by atoms with Gasteiger partial charge >= 0.3 is 5.97 Å². The van der Waals surface area contributed by atoms with Crippen LogP contribution in [-0.2, 0) is 42.0 Å². The monoisotopic (exact) mass is 864 g/mol. The molecule has 64 heavy (non-hydrogen) atoms. The van der Waals surface area contributed by atoms with Gasteiger partial charge in [-0.2, -0.15) is 0 Å². The average molecular weight is 865 g/mol. The molecule has 5 aromatic rings. The first kappa shape index (κ1) is 44.0. The minimum Gasteiger partial charge on any atom is -0.493 e. The van der Waals surface area contributed by atoms with Gasteiger partial charge in [-0.3, -0.25) is 19.4 Å². The Labute approximate surface area is 374 Å². The molecule has 5 aromatic carbocycles. The number of carboxylic acids is 1. The second kappa shape index (κ2) is 19.0. The molecule has 0 aliphatic carbocycles. The maximum Gasteiger partial charge on any atom is 0.303 e. The van der Waals surface area contributed by atoms with E-state index >= 15 is 0 Å². The molecule has 3 aliphatic heterocycles. The van der Waals surface area contributed by atoms with E-state index in [1.807, 2.05) is 79.4 Å². The van der Waals surface area contributed by atoms with Crippen molar-refractivity contribution in [3.63, 3.8) is 0 Å². The lowest BCUT2D eigenvalue weighted by molar-refractivity contribution is -0.138. The summed E-state index contributed by atoms with van der Waals surface area (Å²) in [6.45, 7) is 12.0. The van der Waals surface area contributed by atoms with E-state index in [0.29, 0.717) is 60.2 Å². The van der Waals surface area contributed by atoms with Gasteiger partial charge in [-0.15, -0.1) is 0 Å². The van der Waals surface area contributed by atoms with Crippen LogP contribution in [-0.4, -0.2) is 68.1 Å². The largest absolute Gasteiger partial charge is 0.493 e. The quantitative estimate of drug-likeness (QED) is 0.0825. The number of hydrogen-bond donors (Lipinski definition) is 2. The van der Waals surface area contributed by atoms with Crippen LogP contribution in [0.5, 0.6) is 17.2 Å². The number of hydrogen-bond acceptors (Lipinski definition) is 9. The van der Waals surface area contributed by atoms with Gasteiger partial charge in [0.15, 0.2) is 11.5 Å². The summed E-state index contributed by atoms with van der Waals surface area (Å²) in [7, 11) is 1.55. The number of rotatable bonds is 18. The molecule has 3 heterocycles. The van der Waals surface area contributed by atoms with Gasteiger partial charge in [0.25, 0.3) is 11.8 Å². The maximum atomic E-state index is 13.9. The molecule has 332 valence electrons. The standard InChI is InChI=1S/C52H56N4O8/c1-33(18-21-64-52(2,3)19-16-49(57)58)22-34-23-35(31-62-40-14-15-41-44(27-40)54-30-39-26-38-11-7-9-13-46(38)56(39)51(41)60)25-36(24-34)32-63-48-29-43(53-4)42(28-47(48)61-5)50(59)55-20-17-37-10-6-8-12-45(37)55/h6-15,23-25,27-29,33,39,54H,4,16-22,26,30-32H2,1-3,5H3,(H,57,58). The SMILES string of the molecule is C=Nc1cc(OCc2cc(COc3ccc4c(c3)NCC3Cc5ccccc5N3C4=O)cc(CC(C)CCOC(C)(C)CCC(=O)O)c2)c(OC)cc1C(=O)N1CCc2ccccc21. The van der Waals surface area contributed by atoms with Gasteiger partial charge in [-0.25, -0.2) is 0 Å². The highest BCUT2D eigenvalue weighted by atomic mass is 16.5. The molecule has 2 unspecified atom stereocenters. The number of carbonyl (C=O) groups is 3. The van der Waals surface area contributed by atoms with Gasteiger partial charge in [0, 0.05) is 49.6 Å². The Morgan fingerprint density at radius 1 is 0.906 bits per heavy atom. The number of methoxy groups -OCH3 is 1. The molecular weight excluding hydrogens is 809 g/mol. The molecular formula is C52H56N4O8. The average Bonchev–Trinajstić information content (AvgIpc) is 3.86. The van der Waals surface area contributed by atoms with Gasteiger partial charge in [-0.05, 0) is 123 Å². The van der Waals surface area contributed by atoms with Gasteiger partial charge < -0.3 is 39.2 Å². The first-order valence-corrected chi connectivity index (χ1v) is 22.0. The van der Waals surface area contributed by atoms with E-state index in [9.17, 15) is 14.4 Å². The molecule has 12 heteroatoms. The van der Waals surface area contributed by atoms with Crippen LogP contribution in [0.15, 0.2) is 102 Å². The van der Waals surface area contributed by atoms with Crippen molar-refractivity contribution in [2.75, 3.05) is 41.9 Å². The summed E-state index contributed by atoms with van der Waals surface area (Å²) in [5, 5.41) is 12.7. The number of nitrogens with zero attached hydrogens (tertiary/aromatic N) is 3. The second-order valence-corrected chi connectivity index (χ2v) is 17.6. The van der Waals surface area contributed by atoms with E-state index in [-0.39, 0.29) is 43.4 Å². The Morgan fingerprint density at radius 2 is 1.62 bits per heavy atom. The van der Waals surface area contributed by atoms with Crippen LogP contribution in [0.25, 0.3) is 0 Å². The van der Waals surface area contributed by atoms with Crippen LogP contribution in [0.4, 0.5) is 22.7 Å². The van der Waals surface area contributed by atoms with Gasteiger partial charge in [-0.1, -0.05) is 55.5 Å². The zero-order valence-electron chi connectivity index (χ0n) is 37.0. The van der Waals surface area contributed by atoms with E-state index in [0.717, 1.165) is 65.0 Å². The Bertz CT molecular complexity index is 2570. The molecule has 0 fully saturated rings. The highest BCUT2D eigenvalue weighted by molar-refractivity contribution is 6.12. The molecule has 0 spiro atoms. The van der Waals surface area contributed by atoms with Gasteiger partial charge in [0.1, 0.15) is 19.0 Å². The smallest absolute Gasteiger partial charge is 0.303 e. The summed E-state index contributed by atoms with van der Waals surface area (Å²) in [6.07, 6.45) is 3.63. The number of para-hydroxylation sites is 2. The second-order valence-electron chi connectivity index (χ2n) is 17.6. The highest BCUT2D eigenvalue weighted by Gasteiger charge is 2.37. The fourth-order valence-electron chi connectivity index (χ4n) is 8.99. The van der Waals surface area contributed by atoms with Crippen molar-refractivity contribution in [1.82, 2.24) is 0 Å². The number of anilines is 3. The molecule has 2 N–H and O–H groups in total. The first-order valence-electron chi connectivity index (χ1n) is 22.0. The minimum atomic E-state index is -0.832. The third-order valence-corrected chi connectivity index (χ3v) is 12.4. The molecule has 8 rings (SSSR count). The summed E-state index contributed by atoms with van der Waals surface area (Å²) in [6, 6.07) is 31.4. The fraction of sp³-hybridized carbons (Fsp3) is 0.346. The first-order chi connectivity index (χ1) is 30.9. The van der Waals surface area contributed by atoms with Crippen LogP contribution in [0, 0.1) is 5.92 Å². The normalized spacial score (nSPS) is 15.6. The predicted molar refractivity (Wildman–Crippen MR) is 249 cm³/mol. The van der Waals surface area contributed by atoms with Crippen molar-refractivity contribution in [2.24, 2.45) is 10.9 Å². The number of aliphatic carboxylic acids is 1. The number of amides is 2. The summed E-state index contributed by atoms with van der Waals surface area (Å²) < 4.78 is 24.8. The van der Waals surface area contributed by atoms with Crippen LogP contribution in [0.1, 0.15) is 88.6 Å². The van der Waals surface area contributed by atoms with Crippen molar-refractivity contribution >= 4 is 47.3 Å². The minimum absolute atomic E-state index is 0.0200. The number of benzene rings is 5. The Morgan fingerprint density at radius 3 is 2.38 bits per heavy atom. The van der Waals surface area contributed by atoms with Crippen molar-refractivity contribution in [2.45, 2.75) is 84.2 Å². The summed E-state index contributed by atoms with van der Waals surface area (Å²) in [5.41, 5.74) is 8.73. The number of aliphatic imine (C=N–C) groups is 1. The molecule has 3 aliphatic rings. The molecule has 12 nitrogen and oxygen atoms in total. The maximum absolute atomic E-state index is 13.9. The highest BCUT2D eigenvalue weighted by Crippen LogP contribution is 2.40. The molecule has 0 bridgehead atoms. The van der Waals surface area contributed by atoms with Crippen molar-refractivity contribution in [3.8, 4) is 17.2 Å². The number of carbonyl (C=O) groups excluding carboxylic acids is 2. The van der Waals surface area contributed by atoms with E-state index in [2.05, 4.69) is 48.2 Å².